The van der Waals surface area contributed by atoms with Gasteiger partial charge in [0.25, 0.3) is 11.5 Å². The first-order chi connectivity index (χ1) is 13.2. The molecule has 6 heteroatoms. The van der Waals surface area contributed by atoms with Gasteiger partial charge in [0, 0.05) is 18.2 Å². The molecule has 0 aliphatic carbocycles. The number of carbonyl (C=O) groups excluding carboxylic acids is 1. The number of aromatic nitrogens is 2. The van der Waals surface area contributed by atoms with Crippen molar-refractivity contribution in [1.82, 2.24) is 15.1 Å². The zero-order valence-corrected chi connectivity index (χ0v) is 15.1. The van der Waals surface area contributed by atoms with Crippen LogP contribution >= 0.6 is 0 Å². The topological polar surface area (TPSA) is 68.4 Å². The molecule has 1 aliphatic rings. The Morgan fingerprint density at radius 3 is 2.41 bits per heavy atom. The molecule has 0 spiro atoms. The summed E-state index contributed by atoms with van der Waals surface area (Å²) in [5.74, 6) is -0.241. The fourth-order valence-corrected chi connectivity index (χ4v) is 3.66. The highest BCUT2D eigenvalue weighted by atomic mass is 16.2. The molecule has 3 aromatic rings. The van der Waals surface area contributed by atoms with Crippen LogP contribution in [0.15, 0.2) is 59.4 Å². The number of fused-ring (bicyclic) bond motifs is 1. The van der Waals surface area contributed by atoms with E-state index < -0.39 is 0 Å². The van der Waals surface area contributed by atoms with Crippen LogP contribution in [0, 0.1) is 0 Å². The van der Waals surface area contributed by atoms with Crippen molar-refractivity contribution in [2.45, 2.75) is 12.8 Å². The minimum atomic E-state index is -0.241. The molecule has 0 radical (unpaired) electrons. The van der Waals surface area contributed by atoms with Crippen molar-refractivity contribution in [2.75, 3.05) is 26.2 Å². The van der Waals surface area contributed by atoms with E-state index in [4.69, 9.17) is 0 Å². The molecule has 0 bridgehead atoms. The third-order valence-corrected chi connectivity index (χ3v) is 5.10. The van der Waals surface area contributed by atoms with Gasteiger partial charge in [-0.25, -0.2) is 0 Å². The van der Waals surface area contributed by atoms with Gasteiger partial charge in [-0.3, -0.25) is 9.59 Å². The fraction of sp³-hybridized carbons (Fsp3) is 0.286. The summed E-state index contributed by atoms with van der Waals surface area (Å²) in [6.07, 6.45) is 2.52. The van der Waals surface area contributed by atoms with Gasteiger partial charge in [-0.05, 0) is 18.2 Å². The maximum absolute atomic E-state index is 12.9. The van der Waals surface area contributed by atoms with Crippen molar-refractivity contribution >= 4 is 16.7 Å². The molecular weight excluding hydrogens is 340 g/mol. The molecule has 0 unspecified atom stereocenters. The molecule has 1 aliphatic heterocycles. The molecule has 0 saturated carbocycles. The predicted octanol–water partition coefficient (Wildman–Crippen LogP) is 0.794. The van der Waals surface area contributed by atoms with E-state index in [9.17, 15) is 9.59 Å². The van der Waals surface area contributed by atoms with Gasteiger partial charge in [0.2, 0.25) is 0 Å². The number of benzene rings is 2. The number of carbonyl (C=O) groups is 1. The molecule has 2 heterocycles. The van der Waals surface area contributed by atoms with E-state index in [1.54, 1.807) is 18.2 Å². The normalized spacial score (nSPS) is 14.5. The number of hydrogen-bond donors (Lipinski definition) is 2. The summed E-state index contributed by atoms with van der Waals surface area (Å²) >= 11 is 0. The van der Waals surface area contributed by atoms with Gasteiger partial charge in [-0.2, -0.15) is 9.78 Å². The van der Waals surface area contributed by atoms with Crippen LogP contribution in [0.25, 0.3) is 16.5 Å². The minimum absolute atomic E-state index is 0.227. The average Bonchev–Trinajstić information content (AvgIpc) is 3.22. The highest BCUT2D eigenvalue weighted by molar-refractivity contribution is 6.04. The second-order valence-electron chi connectivity index (χ2n) is 6.91. The Morgan fingerprint density at radius 1 is 1.00 bits per heavy atom. The summed E-state index contributed by atoms with van der Waals surface area (Å²) in [6.45, 7) is 3.88. The van der Waals surface area contributed by atoms with Crippen LogP contribution in [-0.2, 0) is 0 Å². The molecule has 4 rings (SSSR count). The Morgan fingerprint density at radius 2 is 1.67 bits per heavy atom. The van der Waals surface area contributed by atoms with Crippen LogP contribution in [0.5, 0.6) is 0 Å². The maximum Gasteiger partial charge on any atom is 0.279 e. The first kappa shape index (κ1) is 17.4. The van der Waals surface area contributed by atoms with E-state index in [-0.39, 0.29) is 17.2 Å². The molecular formula is C21H23N4O2+. The smallest absolute Gasteiger partial charge is 0.279 e. The summed E-state index contributed by atoms with van der Waals surface area (Å²) in [5.41, 5.74) is 0.698. The van der Waals surface area contributed by atoms with Crippen molar-refractivity contribution in [2.24, 2.45) is 0 Å². The van der Waals surface area contributed by atoms with Gasteiger partial charge < -0.3 is 10.2 Å². The minimum Gasteiger partial charge on any atom is -0.345 e. The number of para-hydroxylation sites is 1. The Balaban J connectivity index is 1.67. The number of likely N-dealkylation sites (tertiary alicyclic amines) is 1. The highest BCUT2D eigenvalue weighted by Gasteiger charge is 2.19. The molecule has 2 aromatic carbocycles. The summed E-state index contributed by atoms with van der Waals surface area (Å²) in [4.78, 5) is 27.2. The molecule has 1 fully saturated rings. The van der Waals surface area contributed by atoms with Crippen molar-refractivity contribution in [3.8, 4) is 5.69 Å². The number of quaternary nitrogens is 1. The first-order valence-corrected chi connectivity index (χ1v) is 9.43. The van der Waals surface area contributed by atoms with Gasteiger partial charge in [-0.15, -0.1) is 0 Å². The zero-order chi connectivity index (χ0) is 18.6. The number of nitrogens with zero attached hydrogens (tertiary/aromatic N) is 2. The summed E-state index contributed by atoms with van der Waals surface area (Å²) < 4.78 is 1.31. The molecule has 1 aromatic heterocycles. The molecule has 27 heavy (non-hydrogen) atoms. The van der Waals surface area contributed by atoms with Crippen LogP contribution in [0.2, 0.25) is 0 Å². The SMILES string of the molecule is O=C(NCC[NH+]1CCCC1)c1nn(-c2ccccc2)c(=O)c2ccccc12. The molecule has 1 amide bonds. The summed E-state index contributed by atoms with van der Waals surface area (Å²) in [6, 6.07) is 16.3. The van der Waals surface area contributed by atoms with Crippen molar-refractivity contribution in [3.05, 3.63) is 70.6 Å². The third kappa shape index (κ3) is 3.61. The van der Waals surface area contributed by atoms with Crippen LogP contribution in [0.1, 0.15) is 23.3 Å². The Hall–Kier alpha value is -2.99. The lowest BCUT2D eigenvalue weighted by Gasteiger charge is -2.13. The lowest BCUT2D eigenvalue weighted by molar-refractivity contribution is -0.886. The highest BCUT2D eigenvalue weighted by Crippen LogP contribution is 2.15. The standard InChI is InChI=1S/C21H22N4O2/c26-20(22-12-15-24-13-6-7-14-24)19-17-10-4-5-11-18(17)21(27)25(23-19)16-8-2-1-3-9-16/h1-5,8-11H,6-7,12-15H2,(H,22,26)/p+1. The van der Waals surface area contributed by atoms with E-state index in [1.807, 2.05) is 36.4 Å². The van der Waals surface area contributed by atoms with E-state index in [0.717, 1.165) is 6.54 Å². The predicted molar refractivity (Wildman–Crippen MR) is 104 cm³/mol. The lowest BCUT2D eigenvalue weighted by atomic mass is 10.1. The number of rotatable bonds is 5. The molecule has 0 atom stereocenters. The van der Waals surface area contributed by atoms with E-state index in [1.165, 1.54) is 35.5 Å². The van der Waals surface area contributed by atoms with E-state index in [0.29, 0.717) is 23.0 Å². The van der Waals surface area contributed by atoms with Crippen LogP contribution in [0.4, 0.5) is 0 Å². The van der Waals surface area contributed by atoms with Crippen molar-refractivity contribution in [1.29, 1.82) is 0 Å². The van der Waals surface area contributed by atoms with Gasteiger partial charge in [-0.1, -0.05) is 36.4 Å². The quantitative estimate of drug-likeness (QED) is 0.704. The number of nitrogens with one attached hydrogen (secondary N) is 2. The largest absolute Gasteiger partial charge is 0.345 e. The van der Waals surface area contributed by atoms with Crippen LogP contribution in [0.3, 0.4) is 0 Å². The van der Waals surface area contributed by atoms with E-state index in [2.05, 4.69) is 10.4 Å². The third-order valence-electron chi connectivity index (χ3n) is 5.10. The second-order valence-corrected chi connectivity index (χ2v) is 6.91. The van der Waals surface area contributed by atoms with E-state index >= 15 is 0 Å². The van der Waals surface area contributed by atoms with Crippen LogP contribution < -0.4 is 15.8 Å². The fourth-order valence-electron chi connectivity index (χ4n) is 3.66. The average molecular weight is 363 g/mol. The number of hydrogen-bond acceptors (Lipinski definition) is 3. The monoisotopic (exact) mass is 363 g/mol. The molecule has 138 valence electrons. The van der Waals surface area contributed by atoms with Gasteiger partial charge >= 0.3 is 0 Å². The van der Waals surface area contributed by atoms with Crippen molar-refractivity contribution < 1.29 is 9.69 Å². The molecule has 1 saturated heterocycles. The Kier molecular flexibility index (Phi) is 4.98. The number of amides is 1. The Bertz CT molecular complexity index is 1010. The Labute approximate surface area is 157 Å². The van der Waals surface area contributed by atoms with Gasteiger partial charge in [0.15, 0.2) is 5.69 Å². The molecule has 2 N–H and O–H groups in total. The van der Waals surface area contributed by atoms with Gasteiger partial charge in [0.05, 0.1) is 37.3 Å². The summed E-state index contributed by atoms with van der Waals surface area (Å²) in [7, 11) is 0. The van der Waals surface area contributed by atoms with Crippen molar-refractivity contribution in [3.63, 3.8) is 0 Å². The molecule has 6 nitrogen and oxygen atoms in total. The van der Waals surface area contributed by atoms with Gasteiger partial charge in [0.1, 0.15) is 0 Å². The van der Waals surface area contributed by atoms with Crippen LogP contribution in [-0.4, -0.2) is 41.9 Å². The summed E-state index contributed by atoms with van der Waals surface area (Å²) in [5, 5.41) is 8.46. The zero-order valence-electron chi connectivity index (χ0n) is 15.1. The maximum atomic E-state index is 12.9. The lowest BCUT2D eigenvalue weighted by Crippen LogP contribution is -3.10. The first-order valence-electron chi connectivity index (χ1n) is 9.43. The second kappa shape index (κ2) is 7.72.